The molecule has 0 unspecified atom stereocenters. The van der Waals surface area contributed by atoms with Gasteiger partial charge in [-0.15, -0.1) is 0 Å². The fourth-order valence-electron chi connectivity index (χ4n) is 2.35. The fourth-order valence-corrected chi connectivity index (χ4v) is 2.35. The molecule has 130 valence electrons. The molecule has 0 fully saturated rings. The predicted octanol–water partition coefficient (Wildman–Crippen LogP) is 2.97. The number of ether oxygens (including phenoxy) is 1. The number of aryl methyl sites for hydroxylation is 2. The lowest BCUT2D eigenvalue weighted by Gasteiger charge is -2.04. The number of nitrogens with one attached hydrogen (secondary N) is 1. The van der Waals surface area contributed by atoms with E-state index in [1.54, 1.807) is 16.8 Å². The van der Waals surface area contributed by atoms with E-state index in [9.17, 15) is 9.18 Å². The van der Waals surface area contributed by atoms with Crippen LogP contribution in [0.15, 0.2) is 46.9 Å². The van der Waals surface area contributed by atoms with E-state index < -0.39 is 0 Å². The first kappa shape index (κ1) is 16.8. The minimum absolute atomic E-state index is 0.153. The molecule has 0 radical (unpaired) electrons. The number of benzene rings is 1. The number of rotatable bonds is 6. The standard InChI is InChI=1S/C18H18FN3O3/c1-12-9-14(22(2)21-12)10-20-18(23)17-8-7-16(25-17)11-24-15-5-3-13(19)4-6-15/h3-9H,10-11H2,1-2H3,(H,20,23). The van der Waals surface area contributed by atoms with Gasteiger partial charge in [0.05, 0.1) is 17.9 Å². The number of hydrogen-bond acceptors (Lipinski definition) is 4. The summed E-state index contributed by atoms with van der Waals surface area (Å²) in [6.45, 7) is 2.41. The number of carbonyl (C=O) groups is 1. The van der Waals surface area contributed by atoms with Gasteiger partial charge in [0.15, 0.2) is 5.76 Å². The summed E-state index contributed by atoms with van der Waals surface area (Å²) in [6.07, 6.45) is 0. The second-order valence-electron chi connectivity index (χ2n) is 5.59. The molecule has 1 amide bonds. The maximum atomic E-state index is 12.8. The first-order chi connectivity index (χ1) is 12.0. The predicted molar refractivity (Wildman–Crippen MR) is 88.6 cm³/mol. The highest BCUT2D eigenvalue weighted by Crippen LogP contribution is 2.15. The number of hydrogen-bond donors (Lipinski definition) is 1. The van der Waals surface area contributed by atoms with Gasteiger partial charge < -0.3 is 14.5 Å². The van der Waals surface area contributed by atoms with Gasteiger partial charge in [-0.2, -0.15) is 5.10 Å². The maximum Gasteiger partial charge on any atom is 0.287 e. The van der Waals surface area contributed by atoms with Gasteiger partial charge in [0, 0.05) is 7.05 Å². The van der Waals surface area contributed by atoms with E-state index in [1.165, 1.54) is 24.3 Å². The lowest BCUT2D eigenvalue weighted by Crippen LogP contribution is -2.23. The number of furan rings is 1. The lowest BCUT2D eigenvalue weighted by atomic mass is 10.3. The summed E-state index contributed by atoms with van der Waals surface area (Å²) >= 11 is 0. The van der Waals surface area contributed by atoms with Crippen LogP contribution in [-0.4, -0.2) is 15.7 Å². The zero-order valence-electron chi connectivity index (χ0n) is 14.0. The quantitative estimate of drug-likeness (QED) is 0.747. The van der Waals surface area contributed by atoms with E-state index in [-0.39, 0.29) is 24.1 Å². The van der Waals surface area contributed by atoms with E-state index in [0.29, 0.717) is 18.1 Å². The Morgan fingerprint density at radius 1 is 1.28 bits per heavy atom. The van der Waals surface area contributed by atoms with Gasteiger partial charge in [0.25, 0.3) is 5.91 Å². The van der Waals surface area contributed by atoms with Crippen LogP contribution in [0.2, 0.25) is 0 Å². The number of amides is 1. The number of nitrogens with zero attached hydrogens (tertiary/aromatic N) is 2. The second kappa shape index (κ2) is 7.21. The van der Waals surface area contributed by atoms with Gasteiger partial charge in [0.2, 0.25) is 0 Å². The van der Waals surface area contributed by atoms with Gasteiger partial charge in [-0.3, -0.25) is 9.48 Å². The van der Waals surface area contributed by atoms with Crippen molar-refractivity contribution in [3.05, 3.63) is 71.2 Å². The Morgan fingerprint density at radius 3 is 2.72 bits per heavy atom. The van der Waals surface area contributed by atoms with Crippen molar-refractivity contribution in [2.24, 2.45) is 7.05 Å². The summed E-state index contributed by atoms with van der Waals surface area (Å²) in [5.74, 6) is 0.595. The van der Waals surface area contributed by atoms with Crippen LogP contribution in [-0.2, 0) is 20.2 Å². The summed E-state index contributed by atoms with van der Waals surface area (Å²) < 4.78 is 25.5. The molecule has 0 spiro atoms. The SMILES string of the molecule is Cc1cc(CNC(=O)c2ccc(COc3ccc(F)cc3)o2)n(C)n1. The van der Waals surface area contributed by atoms with Crippen molar-refractivity contribution in [1.82, 2.24) is 15.1 Å². The average Bonchev–Trinajstić information content (AvgIpc) is 3.18. The Kier molecular flexibility index (Phi) is 4.83. The molecule has 0 aliphatic rings. The van der Waals surface area contributed by atoms with E-state index in [2.05, 4.69) is 10.4 Å². The van der Waals surface area contributed by atoms with E-state index >= 15 is 0 Å². The van der Waals surface area contributed by atoms with Crippen LogP contribution in [0, 0.1) is 12.7 Å². The first-order valence-corrected chi connectivity index (χ1v) is 7.76. The van der Waals surface area contributed by atoms with Crippen molar-refractivity contribution < 1.29 is 18.3 Å². The number of halogens is 1. The minimum atomic E-state index is -0.326. The molecule has 3 aromatic rings. The molecule has 6 nitrogen and oxygen atoms in total. The summed E-state index contributed by atoms with van der Waals surface area (Å²) in [5, 5.41) is 7.01. The molecule has 25 heavy (non-hydrogen) atoms. The third-order valence-corrected chi connectivity index (χ3v) is 3.61. The zero-order valence-corrected chi connectivity index (χ0v) is 14.0. The Morgan fingerprint density at radius 2 is 2.04 bits per heavy atom. The molecular formula is C18H18FN3O3. The Hall–Kier alpha value is -3.09. The summed E-state index contributed by atoms with van der Waals surface area (Å²) in [4.78, 5) is 12.1. The highest BCUT2D eigenvalue weighted by Gasteiger charge is 2.12. The van der Waals surface area contributed by atoms with Crippen molar-refractivity contribution in [3.8, 4) is 5.75 Å². The molecule has 7 heteroatoms. The van der Waals surface area contributed by atoms with E-state index in [0.717, 1.165) is 11.4 Å². The largest absolute Gasteiger partial charge is 0.486 e. The monoisotopic (exact) mass is 343 g/mol. The maximum absolute atomic E-state index is 12.8. The second-order valence-corrected chi connectivity index (χ2v) is 5.59. The van der Waals surface area contributed by atoms with Gasteiger partial charge in [-0.25, -0.2) is 4.39 Å². The molecule has 0 atom stereocenters. The van der Waals surface area contributed by atoms with Crippen LogP contribution >= 0.6 is 0 Å². The lowest BCUT2D eigenvalue weighted by molar-refractivity contribution is 0.0918. The van der Waals surface area contributed by atoms with Gasteiger partial charge in [0.1, 0.15) is 23.9 Å². The van der Waals surface area contributed by atoms with Crippen molar-refractivity contribution in [3.63, 3.8) is 0 Å². The molecule has 1 N–H and O–H groups in total. The van der Waals surface area contributed by atoms with Gasteiger partial charge in [-0.1, -0.05) is 0 Å². The van der Waals surface area contributed by atoms with Crippen LogP contribution in [0.1, 0.15) is 27.7 Å². The molecule has 0 saturated heterocycles. The Balaban J connectivity index is 1.54. The van der Waals surface area contributed by atoms with Crippen molar-refractivity contribution >= 4 is 5.91 Å². The molecule has 1 aromatic carbocycles. The normalized spacial score (nSPS) is 10.7. The molecule has 2 heterocycles. The smallest absolute Gasteiger partial charge is 0.287 e. The molecule has 0 aliphatic heterocycles. The Bertz CT molecular complexity index is 868. The topological polar surface area (TPSA) is 69.3 Å². The van der Waals surface area contributed by atoms with Crippen molar-refractivity contribution in [1.29, 1.82) is 0 Å². The van der Waals surface area contributed by atoms with Crippen LogP contribution < -0.4 is 10.1 Å². The van der Waals surface area contributed by atoms with Crippen molar-refractivity contribution in [2.45, 2.75) is 20.1 Å². The number of aromatic nitrogens is 2. The van der Waals surface area contributed by atoms with Crippen LogP contribution in [0.4, 0.5) is 4.39 Å². The number of carbonyl (C=O) groups excluding carboxylic acids is 1. The van der Waals surface area contributed by atoms with Crippen LogP contribution in [0.5, 0.6) is 5.75 Å². The molecule has 2 aromatic heterocycles. The minimum Gasteiger partial charge on any atom is -0.486 e. The average molecular weight is 343 g/mol. The van der Waals surface area contributed by atoms with Crippen molar-refractivity contribution in [2.75, 3.05) is 0 Å². The fraction of sp³-hybridized carbons (Fsp3) is 0.222. The third kappa shape index (κ3) is 4.26. The van der Waals surface area contributed by atoms with E-state index in [4.69, 9.17) is 9.15 Å². The van der Waals surface area contributed by atoms with Gasteiger partial charge in [-0.05, 0) is 49.4 Å². The Labute approximate surface area is 144 Å². The summed E-state index contributed by atoms with van der Waals surface area (Å²) in [5.41, 5.74) is 1.79. The summed E-state index contributed by atoms with van der Waals surface area (Å²) in [7, 11) is 1.83. The highest BCUT2D eigenvalue weighted by atomic mass is 19.1. The molecule has 0 saturated carbocycles. The van der Waals surface area contributed by atoms with Crippen LogP contribution in [0.25, 0.3) is 0 Å². The first-order valence-electron chi connectivity index (χ1n) is 7.76. The summed E-state index contributed by atoms with van der Waals surface area (Å²) in [6, 6.07) is 10.9. The van der Waals surface area contributed by atoms with Crippen LogP contribution in [0.3, 0.4) is 0 Å². The van der Waals surface area contributed by atoms with E-state index in [1.807, 2.05) is 20.0 Å². The molecule has 0 aliphatic carbocycles. The highest BCUT2D eigenvalue weighted by molar-refractivity contribution is 5.91. The van der Waals surface area contributed by atoms with Gasteiger partial charge >= 0.3 is 0 Å². The zero-order chi connectivity index (χ0) is 17.8. The third-order valence-electron chi connectivity index (χ3n) is 3.61. The molecule has 0 bridgehead atoms. The molecular weight excluding hydrogens is 325 g/mol. The molecule has 3 rings (SSSR count).